The fourth-order valence-corrected chi connectivity index (χ4v) is 5.14. The number of anilines is 2. The molecule has 2 aliphatic heterocycles. The number of aryl methyl sites for hydroxylation is 2. The van der Waals surface area contributed by atoms with Crippen LogP contribution in [-0.4, -0.2) is 59.1 Å². The number of hydrazine groups is 2. The van der Waals surface area contributed by atoms with E-state index in [4.69, 9.17) is 16.3 Å². The van der Waals surface area contributed by atoms with Crippen molar-refractivity contribution < 1.29 is 22.7 Å². The molecule has 5 rings (SSSR count). The van der Waals surface area contributed by atoms with Crippen molar-refractivity contribution in [3.8, 4) is 0 Å². The molecule has 218 valence electrons. The molecule has 1 saturated heterocycles. The van der Waals surface area contributed by atoms with Crippen molar-refractivity contribution >= 4 is 34.6 Å². The molecule has 2 aromatic carbocycles. The number of nitrogens with one attached hydrogen (secondary N) is 2. The van der Waals surface area contributed by atoms with E-state index in [0.717, 1.165) is 34.3 Å². The molecule has 13 heteroatoms. The number of benzene rings is 2. The second-order valence-electron chi connectivity index (χ2n) is 10.1. The molecule has 3 aromatic rings. The van der Waals surface area contributed by atoms with E-state index in [1.807, 2.05) is 44.1 Å². The summed E-state index contributed by atoms with van der Waals surface area (Å²) >= 11 is 6.21. The summed E-state index contributed by atoms with van der Waals surface area (Å²) in [6.45, 7) is 6.25. The molecule has 0 unspecified atom stereocenters. The zero-order valence-electron chi connectivity index (χ0n) is 23.1. The van der Waals surface area contributed by atoms with Crippen LogP contribution >= 0.6 is 11.6 Å². The number of nitrogens with zero attached hydrogens (tertiary/aromatic N) is 5. The van der Waals surface area contributed by atoms with Crippen LogP contribution in [0, 0.1) is 13.8 Å². The van der Waals surface area contributed by atoms with Gasteiger partial charge in [-0.3, -0.25) is 24.8 Å². The number of hydrogen-bond donors (Lipinski definition) is 2. The Bertz CT molecular complexity index is 1500. The van der Waals surface area contributed by atoms with E-state index >= 15 is 0 Å². The highest BCUT2D eigenvalue weighted by Crippen LogP contribution is 2.39. The van der Waals surface area contributed by atoms with Gasteiger partial charge in [-0.15, -0.1) is 5.12 Å². The van der Waals surface area contributed by atoms with Gasteiger partial charge >= 0.3 is 6.18 Å². The highest BCUT2D eigenvalue weighted by atomic mass is 35.5. The summed E-state index contributed by atoms with van der Waals surface area (Å²) in [6.07, 6.45) is -1.00. The van der Waals surface area contributed by atoms with Crippen molar-refractivity contribution in [3.05, 3.63) is 81.3 Å². The molecular formula is C28H31ClF3N7O2. The van der Waals surface area contributed by atoms with Crippen molar-refractivity contribution in [1.29, 1.82) is 0 Å². The first kappa shape index (κ1) is 28.9. The smallest absolute Gasteiger partial charge is 0.379 e. The Hall–Kier alpha value is -3.58. The van der Waals surface area contributed by atoms with Crippen molar-refractivity contribution in [2.75, 3.05) is 43.7 Å². The number of halogens is 4. The van der Waals surface area contributed by atoms with Crippen molar-refractivity contribution in [2.24, 2.45) is 7.05 Å². The highest BCUT2D eigenvalue weighted by molar-refractivity contribution is 6.32. The van der Waals surface area contributed by atoms with Crippen molar-refractivity contribution in [1.82, 2.24) is 25.2 Å². The van der Waals surface area contributed by atoms with Gasteiger partial charge in [-0.05, 0) is 49.2 Å². The van der Waals surface area contributed by atoms with Gasteiger partial charge in [-0.1, -0.05) is 17.7 Å². The fraction of sp³-hybridized carbons (Fsp3) is 0.357. The van der Waals surface area contributed by atoms with Crippen molar-refractivity contribution in [2.45, 2.75) is 26.6 Å². The summed E-state index contributed by atoms with van der Waals surface area (Å²) in [5, 5.41) is 10.2. The molecule has 0 atom stereocenters. The SMILES string of the molecule is Cc1ccc(C(=O)Nc2cc(CN3CCOCC3)c(Cl)c(C(F)(F)F)c2)cc1N1C=C(c2cnn(C)c2C)NN1C. The van der Waals surface area contributed by atoms with Gasteiger partial charge in [-0.25, -0.2) is 0 Å². The number of carbonyl (C=O) groups excluding carboxylic acids is 1. The summed E-state index contributed by atoms with van der Waals surface area (Å²) in [4.78, 5) is 15.3. The molecule has 1 amide bonds. The van der Waals surface area contributed by atoms with E-state index in [2.05, 4.69) is 15.8 Å². The third-order valence-electron chi connectivity index (χ3n) is 7.31. The van der Waals surface area contributed by atoms with E-state index < -0.39 is 17.6 Å². The van der Waals surface area contributed by atoms with Crippen LogP contribution in [0.4, 0.5) is 24.5 Å². The minimum atomic E-state index is -4.68. The maximum absolute atomic E-state index is 13.9. The number of morpholine rings is 1. The third kappa shape index (κ3) is 6.05. The van der Waals surface area contributed by atoms with Gasteiger partial charge in [0.2, 0.25) is 0 Å². The number of amides is 1. The molecule has 3 heterocycles. The monoisotopic (exact) mass is 589 g/mol. The molecule has 41 heavy (non-hydrogen) atoms. The van der Waals surface area contributed by atoms with E-state index in [9.17, 15) is 18.0 Å². The Morgan fingerprint density at radius 1 is 1.15 bits per heavy atom. The summed E-state index contributed by atoms with van der Waals surface area (Å²) < 4.78 is 48.8. The zero-order chi connectivity index (χ0) is 29.5. The second-order valence-corrected chi connectivity index (χ2v) is 10.5. The molecule has 1 fully saturated rings. The van der Waals surface area contributed by atoms with Crippen molar-refractivity contribution in [3.63, 3.8) is 0 Å². The predicted octanol–water partition coefficient (Wildman–Crippen LogP) is 4.96. The highest BCUT2D eigenvalue weighted by Gasteiger charge is 2.35. The molecule has 0 radical (unpaired) electrons. The second kappa shape index (κ2) is 11.4. The predicted molar refractivity (Wildman–Crippen MR) is 151 cm³/mol. The van der Waals surface area contributed by atoms with Crippen LogP contribution in [0.25, 0.3) is 5.70 Å². The number of hydrogen-bond acceptors (Lipinski definition) is 7. The standard InChI is InChI=1S/C28H31ClF3N7O2/c1-17-5-6-19(12-25(17)39-16-24(35-37(39)4)22-14-33-36(3)18(22)2)27(40)34-21-11-20(15-38-7-9-41-10-8-38)26(29)23(13-21)28(30,31)32/h5-6,11-14,16,35H,7-10,15H2,1-4H3,(H,34,40). The molecule has 9 nitrogen and oxygen atoms in total. The van der Waals surface area contributed by atoms with Crippen LogP contribution in [0.15, 0.2) is 42.7 Å². The number of ether oxygens (including phenoxy) is 1. The average Bonchev–Trinajstić information content (AvgIpc) is 3.47. The van der Waals surface area contributed by atoms with Gasteiger partial charge in [0.05, 0.1) is 41.4 Å². The molecule has 2 aliphatic rings. The maximum Gasteiger partial charge on any atom is 0.417 e. The van der Waals surface area contributed by atoms with Gasteiger partial charge in [0.25, 0.3) is 5.91 Å². The van der Waals surface area contributed by atoms with Crippen LogP contribution in [0.2, 0.25) is 5.02 Å². The first-order valence-electron chi connectivity index (χ1n) is 13.0. The molecule has 0 aliphatic carbocycles. The van der Waals surface area contributed by atoms with Crippen LogP contribution < -0.4 is 15.8 Å². The zero-order valence-corrected chi connectivity index (χ0v) is 23.9. The first-order chi connectivity index (χ1) is 19.4. The summed E-state index contributed by atoms with van der Waals surface area (Å²) in [5.41, 5.74) is 7.28. The normalized spacial score (nSPS) is 16.6. The van der Waals surface area contributed by atoms with Crippen LogP contribution in [0.5, 0.6) is 0 Å². The minimum Gasteiger partial charge on any atom is -0.379 e. The van der Waals surface area contributed by atoms with Gasteiger partial charge in [0, 0.05) is 62.4 Å². The third-order valence-corrected chi connectivity index (χ3v) is 7.76. The van der Waals surface area contributed by atoms with Crippen LogP contribution in [-0.2, 0) is 24.5 Å². The maximum atomic E-state index is 13.9. The molecule has 0 saturated carbocycles. The summed E-state index contributed by atoms with van der Waals surface area (Å²) in [5.74, 6) is -0.541. The number of rotatable bonds is 6. The quantitative estimate of drug-likeness (QED) is 0.421. The lowest BCUT2D eigenvalue weighted by Gasteiger charge is -2.27. The topological polar surface area (TPSA) is 77.9 Å². The number of aromatic nitrogens is 2. The van der Waals surface area contributed by atoms with Gasteiger partial charge in [0.1, 0.15) is 0 Å². The summed E-state index contributed by atoms with van der Waals surface area (Å²) in [6, 6.07) is 7.52. The molecule has 2 N–H and O–H groups in total. The van der Waals surface area contributed by atoms with E-state index in [1.165, 1.54) is 6.07 Å². The minimum absolute atomic E-state index is 0.0197. The lowest BCUT2D eigenvalue weighted by Crippen LogP contribution is -2.39. The Balaban J connectivity index is 1.42. The van der Waals surface area contributed by atoms with Gasteiger partial charge in [0.15, 0.2) is 0 Å². The Kier molecular flexibility index (Phi) is 8.02. The lowest BCUT2D eigenvalue weighted by atomic mass is 10.1. The number of alkyl halides is 3. The largest absolute Gasteiger partial charge is 0.417 e. The Labute approximate surface area is 241 Å². The first-order valence-corrected chi connectivity index (χ1v) is 13.4. The van der Waals surface area contributed by atoms with Crippen LogP contribution in [0.3, 0.4) is 0 Å². The number of carbonyl (C=O) groups is 1. The lowest BCUT2D eigenvalue weighted by molar-refractivity contribution is -0.137. The molecule has 1 aromatic heterocycles. The molecule has 0 bridgehead atoms. The van der Waals surface area contributed by atoms with E-state index in [1.54, 1.807) is 34.2 Å². The van der Waals surface area contributed by atoms with Gasteiger partial charge in [-0.2, -0.15) is 18.3 Å². The molecule has 0 spiro atoms. The fourth-order valence-electron chi connectivity index (χ4n) is 4.87. The summed E-state index contributed by atoms with van der Waals surface area (Å²) in [7, 11) is 3.70. The Morgan fingerprint density at radius 2 is 1.88 bits per heavy atom. The average molecular weight is 590 g/mol. The van der Waals surface area contributed by atoms with E-state index in [-0.39, 0.29) is 28.4 Å². The molecular weight excluding hydrogens is 559 g/mol. The van der Waals surface area contributed by atoms with Gasteiger partial charge < -0.3 is 10.1 Å². The van der Waals surface area contributed by atoms with Crippen LogP contribution in [0.1, 0.15) is 38.3 Å². The van der Waals surface area contributed by atoms with E-state index in [0.29, 0.717) is 26.3 Å². The Morgan fingerprint density at radius 3 is 2.54 bits per heavy atom.